The molecule has 0 fully saturated rings. The Balaban J connectivity index is 0.000000180. The van der Waals surface area contributed by atoms with Crippen LogP contribution in [0, 0.1) is 0 Å². The van der Waals surface area contributed by atoms with Crippen LogP contribution in [0.5, 0.6) is 0 Å². The molecule has 0 saturated carbocycles. The van der Waals surface area contributed by atoms with Crippen LogP contribution in [0.15, 0.2) is 21.7 Å². The van der Waals surface area contributed by atoms with Gasteiger partial charge in [0.15, 0.2) is 10.3 Å². The highest BCUT2D eigenvalue weighted by Crippen LogP contribution is 2.13. The summed E-state index contributed by atoms with van der Waals surface area (Å²) in [6.07, 6.45) is 0. The van der Waals surface area contributed by atoms with Gasteiger partial charge in [-0.15, -0.1) is 0 Å². The number of nitrogens with zero attached hydrogens (tertiary/aromatic N) is 2. The standard InChI is InChI=1S/2C4H2Cl2N2O/c5-2-1-3(9)7-8-4(2)6;5-2-1-3(6)7-8-4(2)9/h1H,(H,7,9);1H,(H,8,9). The average Bonchev–Trinajstić information content (AvgIpc) is 2.30. The summed E-state index contributed by atoms with van der Waals surface area (Å²) in [5.41, 5.74) is -0.787. The van der Waals surface area contributed by atoms with E-state index in [1.54, 1.807) is 0 Å². The minimum Gasteiger partial charge on any atom is -0.268 e. The van der Waals surface area contributed by atoms with Gasteiger partial charge < -0.3 is 0 Å². The molecule has 0 spiro atoms. The van der Waals surface area contributed by atoms with E-state index in [0.29, 0.717) is 0 Å². The van der Waals surface area contributed by atoms with Gasteiger partial charge in [-0.1, -0.05) is 46.4 Å². The summed E-state index contributed by atoms with van der Waals surface area (Å²) in [6.45, 7) is 0. The van der Waals surface area contributed by atoms with Gasteiger partial charge in [0.1, 0.15) is 5.02 Å². The van der Waals surface area contributed by atoms with Crippen molar-refractivity contribution in [2.24, 2.45) is 0 Å². The minimum atomic E-state index is -0.430. The molecule has 2 aromatic rings. The molecule has 18 heavy (non-hydrogen) atoms. The number of aromatic nitrogens is 4. The molecule has 0 radical (unpaired) electrons. The largest absolute Gasteiger partial charge is 0.283 e. The van der Waals surface area contributed by atoms with Gasteiger partial charge in [0.05, 0.1) is 5.02 Å². The Morgan fingerprint density at radius 2 is 1.56 bits per heavy atom. The molecule has 0 amide bonds. The Morgan fingerprint density at radius 3 is 2.00 bits per heavy atom. The lowest BCUT2D eigenvalue weighted by molar-refractivity contribution is 0.989. The fourth-order valence-electron chi connectivity index (χ4n) is 0.724. The zero-order valence-electron chi connectivity index (χ0n) is 8.38. The van der Waals surface area contributed by atoms with E-state index in [1.807, 2.05) is 0 Å². The third kappa shape index (κ3) is 4.66. The van der Waals surface area contributed by atoms with Crippen LogP contribution < -0.4 is 11.1 Å². The van der Waals surface area contributed by atoms with Crippen molar-refractivity contribution < 1.29 is 0 Å². The molecule has 10 heteroatoms. The van der Waals surface area contributed by atoms with E-state index < -0.39 is 5.56 Å². The minimum absolute atomic E-state index is 0.0509. The van der Waals surface area contributed by atoms with Crippen molar-refractivity contribution in [2.45, 2.75) is 0 Å². The Bertz CT molecular complexity index is 654. The third-order valence-electron chi connectivity index (χ3n) is 1.45. The molecule has 6 nitrogen and oxygen atoms in total. The predicted molar refractivity (Wildman–Crippen MR) is 69.8 cm³/mol. The van der Waals surface area contributed by atoms with Crippen molar-refractivity contribution in [2.75, 3.05) is 0 Å². The highest BCUT2D eigenvalue weighted by atomic mass is 35.5. The van der Waals surface area contributed by atoms with Crippen LogP contribution in [-0.4, -0.2) is 20.4 Å². The molecular weight excluding hydrogens is 326 g/mol. The normalized spacial score (nSPS) is 9.56. The summed E-state index contributed by atoms with van der Waals surface area (Å²) in [4.78, 5) is 20.8. The van der Waals surface area contributed by atoms with E-state index in [1.165, 1.54) is 6.07 Å². The first kappa shape index (κ1) is 15.0. The number of H-pyrrole nitrogens is 2. The maximum absolute atomic E-state index is 10.5. The molecule has 2 aromatic heterocycles. The molecule has 2 N–H and O–H groups in total. The van der Waals surface area contributed by atoms with E-state index in [4.69, 9.17) is 46.4 Å². The highest BCUT2D eigenvalue weighted by molar-refractivity contribution is 6.41. The van der Waals surface area contributed by atoms with Gasteiger partial charge >= 0.3 is 0 Å². The SMILES string of the molecule is O=c1[nH]nc(Cl)cc1Cl.O=c1cc(Cl)c(Cl)n[nH]1. The number of nitrogens with one attached hydrogen (secondary N) is 2. The first-order valence-corrected chi connectivity index (χ1v) is 5.73. The fraction of sp³-hybridized carbons (Fsp3) is 0. The zero-order valence-corrected chi connectivity index (χ0v) is 11.4. The number of hydrogen-bond acceptors (Lipinski definition) is 4. The van der Waals surface area contributed by atoms with E-state index in [0.717, 1.165) is 6.07 Å². The molecule has 0 atom stereocenters. The predicted octanol–water partition coefficient (Wildman–Crippen LogP) is 2.15. The lowest BCUT2D eigenvalue weighted by Gasteiger charge is -1.87. The van der Waals surface area contributed by atoms with Crippen LogP contribution >= 0.6 is 46.4 Å². The van der Waals surface area contributed by atoms with Crippen molar-refractivity contribution in [3.63, 3.8) is 0 Å². The average molecular weight is 330 g/mol. The summed E-state index contributed by atoms with van der Waals surface area (Å²) in [5.74, 6) is 0. The van der Waals surface area contributed by atoms with Crippen LogP contribution in [0.1, 0.15) is 0 Å². The molecule has 0 bridgehead atoms. The van der Waals surface area contributed by atoms with E-state index >= 15 is 0 Å². The second-order valence-electron chi connectivity index (χ2n) is 2.74. The topological polar surface area (TPSA) is 91.5 Å². The maximum Gasteiger partial charge on any atom is 0.283 e. The number of aromatic amines is 2. The summed E-state index contributed by atoms with van der Waals surface area (Å²) in [5, 5.41) is 11.5. The molecule has 96 valence electrons. The van der Waals surface area contributed by atoms with Gasteiger partial charge in [0.2, 0.25) is 0 Å². The third-order valence-corrected chi connectivity index (χ3v) is 2.59. The maximum atomic E-state index is 10.5. The lowest BCUT2D eigenvalue weighted by Crippen LogP contribution is -2.06. The van der Waals surface area contributed by atoms with E-state index in [9.17, 15) is 9.59 Å². The number of hydrogen-bond donors (Lipinski definition) is 2. The monoisotopic (exact) mass is 328 g/mol. The summed E-state index contributed by atoms with van der Waals surface area (Å²) < 4.78 is 0. The van der Waals surface area contributed by atoms with Gasteiger partial charge in [-0.2, -0.15) is 10.2 Å². The van der Waals surface area contributed by atoms with Gasteiger partial charge in [0, 0.05) is 12.1 Å². The molecular formula is C8H4Cl4N4O2. The second kappa shape index (κ2) is 6.75. The van der Waals surface area contributed by atoms with Gasteiger partial charge in [0.25, 0.3) is 11.1 Å². The second-order valence-corrected chi connectivity index (χ2v) is 4.30. The van der Waals surface area contributed by atoms with Crippen LogP contribution in [0.2, 0.25) is 20.4 Å². The van der Waals surface area contributed by atoms with Crippen molar-refractivity contribution in [3.8, 4) is 0 Å². The van der Waals surface area contributed by atoms with Crippen molar-refractivity contribution in [1.29, 1.82) is 0 Å². The number of halogens is 4. The summed E-state index contributed by atoms with van der Waals surface area (Å²) in [6, 6.07) is 2.44. The molecule has 2 rings (SSSR count). The van der Waals surface area contributed by atoms with Crippen LogP contribution in [0.25, 0.3) is 0 Å². The Hall–Kier alpha value is -1.08. The Labute approximate surface area is 120 Å². The Kier molecular flexibility index (Phi) is 5.61. The van der Waals surface area contributed by atoms with Gasteiger partial charge in [-0.05, 0) is 0 Å². The molecule has 0 aromatic carbocycles. The summed E-state index contributed by atoms with van der Waals surface area (Å²) >= 11 is 21.5. The van der Waals surface area contributed by atoms with Gasteiger partial charge in [-0.3, -0.25) is 9.59 Å². The fourth-order valence-corrected chi connectivity index (χ4v) is 1.32. The molecule has 0 aliphatic rings. The van der Waals surface area contributed by atoms with E-state index in [2.05, 4.69) is 20.4 Å². The number of rotatable bonds is 0. The van der Waals surface area contributed by atoms with E-state index in [-0.39, 0.29) is 25.9 Å². The van der Waals surface area contributed by atoms with Crippen molar-refractivity contribution >= 4 is 46.4 Å². The molecule has 0 saturated heterocycles. The highest BCUT2D eigenvalue weighted by Gasteiger charge is 1.96. The molecule has 0 unspecified atom stereocenters. The first-order chi connectivity index (χ1) is 8.40. The molecule has 0 aliphatic heterocycles. The van der Waals surface area contributed by atoms with Crippen molar-refractivity contribution in [1.82, 2.24) is 20.4 Å². The van der Waals surface area contributed by atoms with Crippen molar-refractivity contribution in [3.05, 3.63) is 53.2 Å². The zero-order chi connectivity index (χ0) is 13.7. The lowest BCUT2D eigenvalue weighted by atomic mass is 10.6. The van der Waals surface area contributed by atoms with Crippen LogP contribution in [0.3, 0.4) is 0 Å². The smallest absolute Gasteiger partial charge is 0.268 e. The van der Waals surface area contributed by atoms with Crippen LogP contribution in [-0.2, 0) is 0 Å². The van der Waals surface area contributed by atoms with Crippen LogP contribution in [0.4, 0.5) is 0 Å². The quantitative estimate of drug-likeness (QED) is 0.774. The molecule has 2 heterocycles. The summed E-state index contributed by atoms with van der Waals surface area (Å²) in [7, 11) is 0. The first-order valence-electron chi connectivity index (χ1n) is 4.21. The van der Waals surface area contributed by atoms with Gasteiger partial charge in [-0.25, -0.2) is 10.2 Å². The molecule has 0 aliphatic carbocycles. The Morgan fingerprint density at radius 1 is 0.889 bits per heavy atom.